The third-order valence-corrected chi connectivity index (χ3v) is 3.25. The first-order valence-electron chi connectivity index (χ1n) is 5.32. The summed E-state index contributed by atoms with van der Waals surface area (Å²) in [6, 6.07) is 4.10. The molecule has 1 aromatic carbocycles. The van der Waals surface area contributed by atoms with E-state index in [1.165, 1.54) is 18.2 Å². The number of hydrogen-bond acceptors (Lipinski definition) is 1. The summed E-state index contributed by atoms with van der Waals surface area (Å²) in [6.45, 7) is 0.832. The van der Waals surface area contributed by atoms with Crippen molar-refractivity contribution in [1.82, 2.24) is 5.32 Å². The molecule has 0 saturated heterocycles. The Balaban J connectivity index is 2.22. The fraction of sp³-hybridized carbons (Fsp3) is 0.500. The Hall–Kier alpha value is -0.960. The van der Waals surface area contributed by atoms with E-state index in [2.05, 4.69) is 5.32 Å². The molecule has 1 aliphatic carbocycles. The fourth-order valence-corrected chi connectivity index (χ4v) is 2.32. The molecule has 1 saturated carbocycles. The molecule has 0 spiro atoms. The van der Waals surface area contributed by atoms with Gasteiger partial charge in [-0.2, -0.15) is 0 Å². The molecule has 0 aliphatic heterocycles. The molecule has 2 rings (SSSR count). The van der Waals surface area contributed by atoms with E-state index in [0.717, 1.165) is 19.4 Å². The Morgan fingerprint density at radius 3 is 2.40 bits per heavy atom. The minimum absolute atomic E-state index is 0.0543. The van der Waals surface area contributed by atoms with E-state index >= 15 is 0 Å². The van der Waals surface area contributed by atoms with Crippen molar-refractivity contribution >= 4 is 0 Å². The molecule has 1 N–H and O–H groups in total. The van der Waals surface area contributed by atoms with Crippen molar-refractivity contribution in [2.45, 2.75) is 18.8 Å². The highest BCUT2D eigenvalue weighted by atomic mass is 19.1. The molecule has 2 atom stereocenters. The zero-order valence-electron chi connectivity index (χ0n) is 8.76. The van der Waals surface area contributed by atoms with Crippen LogP contribution in [-0.4, -0.2) is 13.6 Å². The van der Waals surface area contributed by atoms with Gasteiger partial charge >= 0.3 is 0 Å². The molecule has 3 heteroatoms. The molecule has 0 heterocycles. The summed E-state index contributed by atoms with van der Waals surface area (Å²) in [4.78, 5) is 0. The van der Waals surface area contributed by atoms with Crippen molar-refractivity contribution in [3.8, 4) is 0 Å². The van der Waals surface area contributed by atoms with E-state index in [9.17, 15) is 8.78 Å². The van der Waals surface area contributed by atoms with Gasteiger partial charge in [0.25, 0.3) is 0 Å². The van der Waals surface area contributed by atoms with Crippen molar-refractivity contribution in [2.75, 3.05) is 13.6 Å². The van der Waals surface area contributed by atoms with E-state index in [0.29, 0.717) is 5.92 Å². The van der Waals surface area contributed by atoms with Gasteiger partial charge in [0.1, 0.15) is 11.6 Å². The van der Waals surface area contributed by atoms with Gasteiger partial charge in [-0.25, -0.2) is 8.78 Å². The smallest absolute Gasteiger partial charge is 0.129 e. The topological polar surface area (TPSA) is 12.0 Å². The predicted molar refractivity (Wildman–Crippen MR) is 55.7 cm³/mol. The molecule has 15 heavy (non-hydrogen) atoms. The molecular weight excluding hydrogens is 196 g/mol. The first-order chi connectivity index (χ1) is 7.24. The van der Waals surface area contributed by atoms with Gasteiger partial charge in [-0.3, -0.25) is 0 Å². The normalized spacial score (nSPS) is 25.0. The molecule has 0 radical (unpaired) electrons. The number of halogens is 2. The van der Waals surface area contributed by atoms with Crippen LogP contribution in [0.2, 0.25) is 0 Å². The van der Waals surface area contributed by atoms with E-state index < -0.39 is 11.6 Å². The van der Waals surface area contributed by atoms with Gasteiger partial charge in [-0.05, 0) is 50.4 Å². The molecule has 0 amide bonds. The number of rotatable bonds is 3. The van der Waals surface area contributed by atoms with Gasteiger partial charge in [-0.1, -0.05) is 6.07 Å². The molecule has 0 aromatic heterocycles. The van der Waals surface area contributed by atoms with E-state index in [4.69, 9.17) is 0 Å². The van der Waals surface area contributed by atoms with Gasteiger partial charge in [0.15, 0.2) is 0 Å². The lowest BCUT2D eigenvalue weighted by molar-refractivity contribution is 0.239. The van der Waals surface area contributed by atoms with Crippen molar-refractivity contribution in [1.29, 1.82) is 0 Å². The second kappa shape index (κ2) is 4.27. The van der Waals surface area contributed by atoms with Gasteiger partial charge in [0.2, 0.25) is 0 Å². The Bertz CT molecular complexity index is 331. The summed E-state index contributed by atoms with van der Waals surface area (Å²) in [5.41, 5.74) is 0.281. The van der Waals surface area contributed by atoms with Crippen molar-refractivity contribution < 1.29 is 8.78 Å². The van der Waals surface area contributed by atoms with Gasteiger partial charge in [0.05, 0.1) is 0 Å². The quantitative estimate of drug-likeness (QED) is 0.810. The largest absolute Gasteiger partial charge is 0.319 e. The average Bonchev–Trinajstić information content (AvgIpc) is 2.18. The maximum atomic E-state index is 13.5. The zero-order chi connectivity index (χ0) is 10.8. The molecule has 1 aliphatic rings. The maximum Gasteiger partial charge on any atom is 0.129 e. The van der Waals surface area contributed by atoms with E-state index in [1.807, 2.05) is 7.05 Å². The molecule has 2 unspecified atom stereocenters. The van der Waals surface area contributed by atoms with Crippen LogP contribution in [0.3, 0.4) is 0 Å². The highest BCUT2D eigenvalue weighted by Crippen LogP contribution is 2.43. The van der Waals surface area contributed by atoms with Crippen LogP contribution in [0.1, 0.15) is 24.3 Å². The summed E-state index contributed by atoms with van der Waals surface area (Å²) in [5.74, 6) is -0.373. The summed E-state index contributed by atoms with van der Waals surface area (Å²) < 4.78 is 26.9. The average molecular weight is 211 g/mol. The van der Waals surface area contributed by atoms with Crippen molar-refractivity contribution in [3.63, 3.8) is 0 Å². The highest BCUT2D eigenvalue weighted by molar-refractivity contribution is 5.26. The predicted octanol–water partition coefficient (Wildman–Crippen LogP) is 2.68. The van der Waals surface area contributed by atoms with E-state index in [-0.39, 0.29) is 11.5 Å². The highest BCUT2D eigenvalue weighted by Gasteiger charge is 2.34. The summed E-state index contributed by atoms with van der Waals surface area (Å²) in [5, 5.41) is 3.06. The Morgan fingerprint density at radius 2 is 1.93 bits per heavy atom. The number of nitrogens with one attached hydrogen (secondary N) is 1. The van der Waals surface area contributed by atoms with Crippen LogP contribution >= 0.6 is 0 Å². The third-order valence-electron chi connectivity index (χ3n) is 3.25. The Kier molecular flexibility index (Phi) is 3.00. The van der Waals surface area contributed by atoms with Crippen molar-refractivity contribution in [3.05, 3.63) is 35.4 Å². The molecule has 82 valence electrons. The van der Waals surface area contributed by atoms with Crippen LogP contribution in [0.25, 0.3) is 0 Å². The zero-order valence-corrected chi connectivity index (χ0v) is 8.76. The minimum Gasteiger partial charge on any atom is -0.319 e. The monoisotopic (exact) mass is 211 g/mol. The SMILES string of the molecule is CNCC1CCC1c1c(F)cccc1F. The molecule has 1 aromatic rings. The van der Waals surface area contributed by atoms with Crippen LogP contribution in [-0.2, 0) is 0 Å². The molecule has 1 nitrogen and oxygen atoms in total. The Morgan fingerprint density at radius 1 is 1.27 bits per heavy atom. The summed E-state index contributed by atoms with van der Waals surface area (Å²) in [7, 11) is 1.87. The third kappa shape index (κ3) is 1.88. The number of benzene rings is 1. The lowest BCUT2D eigenvalue weighted by Crippen LogP contribution is -2.33. The fourth-order valence-electron chi connectivity index (χ4n) is 2.32. The lowest BCUT2D eigenvalue weighted by Gasteiger charge is -2.37. The molecular formula is C12H15F2N. The van der Waals surface area contributed by atoms with Crippen LogP contribution in [0.4, 0.5) is 8.78 Å². The standard InChI is InChI=1S/C12H15F2N/c1-15-7-8-5-6-9(8)12-10(13)3-2-4-11(12)14/h2-4,8-9,15H,5-7H2,1H3. The second-order valence-electron chi connectivity index (χ2n) is 4.14. The van der Waals surface area contributed by atoms with Crippen LogP contribution in [0.5, 0.6) is 0 Å². The number of hydrogen-bond donors (Lipinski definition) is 1. The summed E-state index contributed by atoms with van der Waals surface area (Å²) in [6.07, 6.45) is 1.95. The minimum atomic E-state index is -0.402. The van der Waals surface area contributed by atoms with E-state index in [1.54, 1.807) is 0 Å². The van der Waals surface area contributed by atoms with Crippen LogP contribution < -0.4 is 5.32 Å². The molecule has 1 fully saturated rings. The first kappa shape index (κ1) is 10.6. The van der Waals surface area contributed by atoms with Gasteiger partial charge < -0.3 is 5.32 Å². The second-order valence-corrected chi connectivity index (χ2v) is 4.14. The Labute approximate surface area is 88.5 Å². The van der Waals surface area contributed by atoms with Crippen LogP contribution in [0, 0.1) is 17.6 Å². The van der Waals surface area contributed by atoms with Crippen LogP contribution in [0.15, 0.2) is 18.2 Å². The first-order valence-corrected chi connectivity index (χ1v) is 5.32. The van der Waals surface area contributed by atoms with Gasteiger partial charge in [0, 0.05) is 5.56 Å². The summed E-state index contributed by atoms with van der Waals surface area (Å²) >= 11 is 0. The maximum absolute atomic E-state index is 13.5. The van der Waals surface area contributed by atoms with Crippen molar-refractivity contribution in [2.24, 2.45) is 5.92 Å². The lowest BCUT2D eigenvalue weighted by atomic mass is 9.69. The molecule has 0 bridgehead atoms. The van der Waals surface area contributed by atoms with Gasteiger partial charge in [-0.15, -0.1) is 0 Å².